The Hall–Kier alpha value is -1.28. The smallest absolute Gasteiger partial charge is 0.159 e. The van der Waals surface area contributed by atoms with E-state index in [-0.39, 0.29) is 17.5 Å². The van der Waals surface area contributed by atoms with Crippen molar-refractivity contribution in [1.29, 1.82) is 0 Å². The zero-order valence-electron chi connectivity index (χ0n) is 8.11. The van der Waals surface area contributed by atoms with Crippen LogP contribution in [0.3, 0.4) is 0 Å². The average Bonchev–Trinajstić information content (AvgIpc) is 2.16. The number of ketones is 1. The van der Waals surface area contributed by atoms with Crippen molar-refractivity contribution in [1.82, 2.24) is 0 Å². The number of aliphatic hydroxyl groups is 1. The third-order valence-electron chi connectivity index (χ3n) is 2.58. The quantitative estimate of drug-likeness (QED) is 0.792. The van der Waals surface area contributed by atoms with Gasteiger partial charge < -0.3 is 5.11 Å². The first-order valence-corrected chi connectivity index (χ1v) is 5.21. The minimum absolute atomic E-state index is 0.0104. The Morgan fingerprint density at radius 3 is 2.67 bits per heavy atom. The first kappa shape index (κ1) is 10.2. The number of allylic oxidation sites excluding steroid dienone is 2. The minimum Gasteiger partial charge on any atom is -0.512 e. The second-order valence-corrected chi connectivity index (χ2v) is 4.14. The predicted octanol–water partition coefficient (Wildman–Crippen LogP) is 3.23. The van der Waals surface area contributed by atoms with Crippen LogP contribution < -0.4 is 0 Å². The highest BCUT2D eigenvalue weighted by Crippen LogP contribution is 2.34. The van der Waals surface area contributed by atoms with E-state index in [1.807, 2.05) is 18.2 Å². The maximum Gasteiger partial charge on any atom is 0.159 e. The molecule has 0 fully saturated rings. The highest BCUT2D eigenvalue weighted by Gasteiger charge is 2.23. The number of carbonyl (C=O) groups is 1. The molecular weight excluding hydrogens is 212 g/mol. The summed E-state index contributed by atoms with van der Waals surface area (Å²) in [6.45, 7) is 0. The molecule has 1 aromatic rings. The number of hydrogen-bond donors (Lipinski definition) is 1. The fraction of sp³-hybridized carbons (Fsp3) is 0.250. The number of carbonyl (C=O) groups excluding carboxylic acids is 1. The zero-order chi connectivity index (χ0) is 10.8. The van der Waals surface area contributed by atoms with Crippen LogP contribution >= 0.6 is 11.6 Å². The summed E-state index contributed by atoms with van der Waals surface area (Å²) in [6.07, 6.45) is 2.22. The molecule has 0 amide bonds. The van der Waals surface area contributed by atoms with Crippen LogP contribution in [0.25, 0.3) is 0 Å². The van der Waals surface area contributed by atoms with Gasteiger partial charge in [-0.2, -0.15) is 0 Å². The lowest BCUT2D eigenvalue weighted by Crippen LogP contribution is -2.12. The molecule has 0 saturated heterocycles. The van der Waals surface area contributed by atoms with Crippen molar-refractivity contribution in [2.24, 2.45) is 0 Å². The second kappa shape index (κ2) is 4.07. The normalized spacial score (nSPS) is 21.3. The molecule has 2 nitrogen and oxygen atoms in total. The van der Waals surface area contributed by atoms with Gasteiger partial charge in [-0.1, -0.05) is 29.8 Å². The molecule has 0 unspecified atom stereocenters. The number of benzene rings is 1. The summed E-state index contributed by atoms with van der Waals surface area (Å²) in [5.74, 6) is 0.121. The van der Waals surface area contributed by atoms with Crippen LogP contribution in [0.15, 0.2) is 36.1 Å². The number of aliphatic hydroxyl groups excluding tert-OH is 1. The highest BCUT2D eigenvalue weighted by molar-refractivity contribution is 6.31. The molecule has 3 heteroatoms. The molecule has 1 aliphatic carbocycles. The van der Waals surface area contributed by atoms with Crippen molar-refractivity contribution in [3.05, 3.63) is 46.7 Å². The third-order valence-corrected chi connectivity index (χ3v) is 2.92. The van der Waals surface area contributed by atoms with E-state index in [0.29, 0.717) is 17.9 Å². The van der Waals surface area contributed by atoms with Gasteiger partial charge in [0.25, 0.3) is 0 Å². The van der Waals surface area contributed by atoms with E-state index in [1.165, 1.54) is 6.08 Å². The van der Waals surface area contributed by atoms with Crippen molar-refractivity contribution in [2.45, 2.75) is 18.8 Å². The van der Waals surface area contributed by atoms with Gasteiger partial charge in [0.1, 0.15) is 0 Å². The molecule has 15 heavy (non-hydrogen) atoms. The van der Waals surface area contributed by atoms with Crippen molar-refractivity contribution in [2.75, 3.05) is 0 Å². The van der Waals surface area contributed by atoms with Crippen LogP contribution in [-0.4, -0.2) is 10.9 Å². The lowest BCUT2D eigenvalue weighted by atomic mass is 9.86. The van der Waals surface area contributed by atoms with Gasteiger partial charge >= 0.3 is 0 Å². The van der Waals surface area contributed by atoms with Gasteiger partial charge in [0, 0.05) is 23.9 Å². The van der Waals surface area contributed by atoms with Crippen LogP contribution in [0.5, 0.6) is 0 Å². The van der Waals surface area contributed by atoms with Crippen LogP contribution in [0.1, 0.15) is 24.3 Å². The lowest BCUT2D eigenvalue weighted by Gasteiger charge is -2.20. The van der Waals surface area contributed by atoms with Gasteiger partial charge in [0.05, 0.1) is 5.76 Å². The van der Waals surface area contributed by atoms with Gasteiger partial charge in [-0.05, 0) is 17.5 Å². The standard InChI is InChI=1S/C12H11ClO2/c13-12-4-2-1-3-11(12)8-5-9(14)7-10(15)6-8/h1-4,7-8,14H,5-6H2/t8-/m1/s1. The predicted molar refractivity (Wildman–Crippen MR) is 59.1 cm³/mol. The molecule has 1 aliphatic rings. The lowest BCUT2D eigenvalue weighted by molar-refractivity contribution is -0.115. The Morgan fingerprint density at radius 1 is 1.27 bits per heavy atom. The number of rotatable bonds is 1. The van der Waals surface area contributed by atoms with Crippen molar-refractivity contribution in [3.8, 4) is 0 Å². The molecule has 1 aromatic carbocycles. The largest absolute Gasteiger partial charge is 0.512 e. The molecule has 2 rings (SSSR count). The molecule has 0 radical (unpaired) electrons. The molecular formula is C12H11ClO2. The van der Waals surface area contributed by atoms with Gasteiger partial charge in [0.2, 0.25) is 0 Å². The number of hydrogen-bond acceptors (Lipinski definition) is 2. The van der Waals surface area contributed by atoms with Crippen LogP contribution in [0.2, 0.25) is 5.02 Å². The maximum atomic E-state index is 11.3. The summed E-state index contributed by atoms with van der Waals surface area (Å²) >= 11 is 6.04. The Morgan fingerprint density at radius 2 is 2.00 bits per heavy atom. The SMILES string of the molecule is O=C1C=C(O)C[C@@H](c2ccccc2Cl)C1. The third kappa shape index (κ3) is 2.21. The Bertz CT molecular complexity index is 423. The number of halogens is 1. The van der Waals surface area contributed by atoms with E-state index in [1.54, 1.807) is 6.07 Å². The van der Waals surface area contributed by atoms with E-state index in [0.717, 1.165) is 5.56 Å². The summed E-state index contributed by atoms with van der Waals surface area (Å²) in [4.78, 5) is 11.3. The molecule has 0 saturated carbocycles. The summed E-state index contributed by atoms with van der Waals surface area (Å²) in [7, 11) is 0. The van der Waals surface area contributed by atoms with Crippen molar-refractivity contribution >= 4 is 17.4 Å². The van der Waals surface area contributed by atoms with Crippen LogP contribution in [0.4, 0.5) is 0 Å². The topological polar surface area (TPSA) is 37.3 Å². The van der Waals surface area contributed by atoms with Crippen molar-refractivity contribution < 1.29 is 9.90 Å². The van der Waals surface area contributed by atoms with E-state index in [9.17, 15) is 9.90 Å². The van der Waals surface area contributed by atoms with Gasteiger partial charge in [-0.15, -0.1) is 0 Å². The Balaban J connectivity index is 2.30. The maximum absolute atomic E-state index is 11.3. The molecule has 0 aliphatic heterocycles. The Labute approximate surface area is 93.2 Å². The average molecular weight is 223 g/mol. The fourth-order valence-electron chi connectivity index (χ4n) is 1.90. The molecule has 0 bridgehead atoms. The molecule has 1 N–H and O–H groups in total. The molecule has 1 atom stereocenters. The van der Waals surface area contributed by atoms with Gasteiger partial charge in [0.15, 0.2) is 5.78 Å². The summed E-state index contributed by atoms with van der Waals surface area (Å²) in [5, 5.41) is 10.1. The molecule has 0 heterocycles. The van der Waals surface area contributed by atoms with Crippen LogP contribution in [0, 0.1) is 0 Å². The first-order valence-electron chi connectivity index (χ1n) is 4.83. The van der Waals surface area contributed by atoms with Gasteiger partial charge in [-0.25, -0.2) is 0 Å². The molecule has 0 aromatic heterocycles. The van der Waals surface area contributed by atoms with E-state index in [2.05, 4.69) is 0 Å². The van der Waals surface area contributed by atoms with E-state index < -0.39 is 0 Å². The Kier molecular flexibility index (Phi) is 2.78. The summed E-state index contributed by atoms with van der Waals surface area (Å²) in [5.41, 5.74) is 0.937. The first-order chi connectivity index (χ1) is 7.16. The molecule has 0 spiro atoms. The summed E-state index contributed by atoms with van der Waals surface area (Å²) < 4.78 is 0. The van der Waals surface area contributed by atoms with Crippen LogP contribution in [-0.2, 0) is 4.79 Å². The van der Waals surface area contributed by atoms with E-state index >= 15 is 0 Å². The monoisotopic (exact) mass is 222 g/mol. The summed E-state index contributed by atoms with van der Waals surface area (Å²) in [6, 6.07) is 7.45. The van der Waals surface area contributed by atoms with Crippen molar-refractivity contribution in [3.63, 3.8) is 0 Å². The minimum atomic E-state index is -0.0383. The molecule has 78 valence electrons. The zero-order valence-corrected chi connectivity index (χ0v) is 8.87. The van der Waals surface area contributed by atoms with Gasteiger partial charge in [-0.3, -0.25) is 4.79 Å². The second-order valence-electron chi connectivity index (χ2n) is 3.73. The highest BCUT2D eigenvalue weighted by atomic mass is 35.5. The fourth-order valence-corrected chi connectivity index (χ4v) is 2.19. The van der Waals surface area contributed by atoms with E-state index in [4.69, 9.17) is 11.6 Å².